The minimum absolute atomic E-state index is 0.129. The topological polar surface area (TPSA) is 37.4 Å². The Morgan fingerprint density at radius 1 is 1.31 bits per heavy atom. The molecular formula is C12H25NO2S. The first-order valence-electron chi connectivity index (χ1n) is 6.38. The molecule has 0 N–H and O–H groups in total. The van der Waals surface area contributed by atoms with E-state index in [0.717, 1.165) is 38.4 Å². The van der Waals surface area contributed by atoms with E-state index in [2.05, 4.69) is 18.7 Å². The fraction of sp³-hybridized carbons (Fsp3) is 1.00. The molecule has 0 unspecified atom stereocenters. The Balaban J connectivity index is 2.51. The summed E-state index contributed by atoms with van der Waals surface area (Å²) < 4.78 is 23.1. The lowest BCUT2D eigenvalue weighted by atomic mass is 10.0. The van der Waals surface area contributed by atoms with Crippen molar-refractivity contribution in [3.8, 4) is 0 Å². The second kappa shape index (κ2) is 6.01. The van der Waals surface area contributed by atoms with Crippen LogP contribution in [-0.4, -0.2) is 44.5 Å². The van der Waals surface area contributed by atoms with Crippen molar-refractivity contribution in [3.63, 3.8) is 0 Å². The highest BCUT2D eigenvalue weighted by Crippen LogP contribution is 2.19. The van der Waals surface area contributed by atoms with Crippen LogP contribution in [0.1, 0.15) is 39.5 Å². The van der Waals surface area contributed by atoms with Crippen LogP contribution in [0.4, 0.5) is 0 Å². The van der Waals surface area contributed by atoms with Gasteiger partial charge in [0.1, 0.15) is 0 Å². The normalized spacial score (nSPS) is 23.9. The lowest BCUT2D eigenvalue weighted by Gasteiger charge is -2.33. The van der Waals surface area contributed by atoms with E-state index in [1.807, 2.05) is 0 Å². The summed E-state index contributed by atoms with van der Waals surface area (Å²) in [5, 5.41) is -0.129. The van der Waals surface area contributed by atoms with Crippen molar-refractivity contribution in [2.45, 2.75) is 44.8 Å². The van der Waals surface area contributed by atoms with Crippen LogP contribution < -0.4 is 0 Å². The van der Waals surface area contributed by atoms with Gasteiger partial charge in [-0.25, -0.2) is 8.42 Å². The molecule has 0 saturated carbocycles. The minimum Gasteiger partial charge on any atom is -0.302 e. The SMILES string of the molecule is CCC(CC)CN1CCC[C@H](S(C)(=O)=O)C1. The highest BCUT2D eigenvalue weighted by atomic mass is 32.2. The van der Waals surface area contributed by atoms with Crippen molar-refractivity contribution in [2.75, 3.05) is 25.9 Å². The van der Waals surface area contributed by atoms with Crippen LogP contribution in [0, 0.1) is 5.92 Å². The zero-order chi connectivity index (χ0) is 12.2. The summed E-state index contributed by atoms with van der Waals surface area (Å²) in [7, 11) is -2.85. The van der Waals surface area contributed by atoms with Gasteiger partial charge in [-0.15, -0.1) is 0 Å². The number of hydrogen-bond acceptors (Lipinski definition) is 3. The van der Waals surface area contributed by atoms with Crippen molar-refractivity contribution in [1.82, 2.24) is 4.90 Å². The summed E-state index contributed by atoms with van der Waals surface area (Å²) in [6.45, 7) is 7.31. The maximum atomic E-state index is 11.5. The highest BCUT2D eigenvalue weighted by molar-refractivity contribution is 7.91. The van der Waals surface area contributed by atoms with Crippen LogP contribution in [0.2, 0.25) is 0 Å². The number of nitrogens with zero attached hydrogens (tertiary/aromatic N) is 1. The van der Waals surface area contributed by atoms with Crippen molar-refractivity contribution >= 4 is 9.84 Å². The quantitative estimate of drug-likeness (QED) is 0.745. The summed E-state index contributed by atoms with van der Waals surface area (Å²) in [4.78, 5) is 2.34. The van der Waals surface area contributed by atoms with E-state index in [1.54, 1.807) is 0 Å². The predicted molar refractivity (Wildman–Crippen MR) is 68.4 cm³/mol. The lowest BCUT2D eigenvalue weighted by Crippen LogP contribution is -2.43. The fourth-order valence-corrected chi connectivity index (χ4v) is 3.52. The third-order valence-corrected chi connectivity index (χ3v) is 5.33. The van der Waals surface area contributed by atoms with Gasteiger partial charge < -0.3 is 4.90 Å². The van der Waals surface area contributed by atoms with Gasteiger partial charge in [0.15, 0.2) is 9.84 Å². The number of likely N-dealkylation sites (tertiary alicyclic amines) is 1. The van der Waals surface area contributed by atoms with Gasteiger partial charge in [0, 0.05) is 19.3 Å². The van der Waals surface area contributed by atoms with E-state index >= 15 is 0 Å². The smallest absolute Gasteiger partial charge is 0.151 e. The average Bonchev–Trinajstić information content (AvgIpc) is 2.25. The summed E-state index contributed by atoms with van der Waals surface area (Å²) in [6, 6.07) is 0. The minimum atomic E-state index is -2.85. The molecule has 1 rings (SSSR count). The molecule has 1 fully saturated rings. The standard InChI is InChI=1S/C12H25NO2S/c1-4-11(5-2)9-13-8-6-7-12(10-13)16(3,14)15/h11-12H,4-10H2,1-3H3/t12-/m0/s1. The third kappa shape index (κ3) is 4.06. The average molecular weight is 247 g/mol. The van der Waals surface area contributed by atoms with Crippen molar-refractivity contribution in [3.05, 3.63) is 0 Å². The van der Waals surface area contributed by atoms with Crippen LogP contribution in [0.3, 0.4) is 0 Å². The Bertz CT molecular complexity index is 296. The molecule has 1 heterocycles. The van der Waals surface area contributed by atoms with E-state index in [-0.39, 0.29) is 5.25 Å². The molecule has 0 aromatic heterocycles. The van der Waals surface area contributed by atoms with Crippen molar-refractivity contribution in [1.29, 1.82) is 0 Å². The van der Waals surface area contributed by atoms with Crippen LogP contribution in [0.5, 0.6) is 0 Å². The van der Waals surface area contributed by atoms with E-state index in [1.165, 1.54) is 19.1 Å². The second-order valence-electron chi connectivity index (χ2n) is 5.04. The molecule has 1 saturated heterocycles. The van der Waals surface area contributed by atoms with E-state index in [0.29, 0.717) is 0 Å². The number of hydrogen-bond donors (Lipinski definition) is 0. The van der Waals surface area contributed by atoms with Gasteiger partial charge in [-0.1, -0.05) is 26.7 Å². The predicted octanol–water partition coefficient (Wildman–Crippen LogP) is 1.93. The van der Waals surface area contributed by atoms with Crippen molar-refractivity contribution < 1.29 is 8.42 Å². The largest absolute Gasteiger partial charge is 0.302 e. The molecular weight excluding hydrogens is 222 g/mol. The molecule has 0 aromatic rings. The fourth-order valence-electron chi connectivity index (χ4n) is 2.44. The van der Waals surface area contributed by atoms with E-state index < -0.39 is 9.84 Å². The number of rotatable bonds is 5. The second-order valence-corrected chi connectivity index (χ2v) is 7.36. The molecule has 16 heavy (non-hydrogen) atoms. The Kier molecular flexibility index (Phi) is 5.25. The zero-order valence-corrected chi connectivity index (χ0v) is 11.6. The van der Waals surface area contributed by atoms with Crippen LogP contribution >= 0.6 is 0 Å². The maximum Gasteiger partial charge on any atom is 0.151 e. The molecule has 0 amide bonds. The van der Waals surface area contributed by atoms with Crippen LogP contribution in [0.25, 0.3) is 0 Å². The maximum absolute atomic E-state index is 11.5. The molecule has 4 heteroatoms. The molecule has 0 spiro atoms. The van der Waals surface area contributed by atoms with Crippen LogP contribution in [0.15, 0.2) is 0 Å². The summed E-state index contributed by atoms with van der Waals surface area (Å²) >= 11 is 0. The summed E-state index contributed by atoms with van der Waals surface area (Å²) in [5.41, 5.74) is 0. The highest BCUT2D eigenvalue weighted by Gasteiger charge is 2.27. The Hall–Kier alpha value is -0.0900. The molecule has 0 aliphatic carbocycles. The molecule has 1 aliphatic heterocycles. The van der Waals surface area contributed by atoms with Gasteiger partial charge in [0.25, 0.3) is 0 Å². The number of sulfone groups is 1. The zero-order valence-electron chi connectivity index (χ0n) is 10.8. The molecule has 1 aliphatic rings. The Morgan fingerprint density at radius 2 is 1.94 bits per heavy atom. The molecule has 0 bridgehead atoms. The summed E-state index contributed by atoms with van der Waals surface area (Å²) in [6.07, 6.45) is 5.63. The van der Waals surface area contributed by atoms with Gasteiger partial charge in [-0.2, -0.15) is 0 Å². The van der Waals surface area contributed by atoms with Crippen molar-refractivity contribution in [2.24, 2.45) is 5.92 Å². The van der Waals surface area contributed by atoms with Crippen LogP contribution in [-0.2, 0) is 9.84 Å². The Labute approximate surface area is 100 Å². The van der Waals surface area contributed by atoms with Gasteiger partial charge in [-0.05, 0) is 25.3 Å². The molecule has 0 aromatic carbocycles. The van der Waals surface area contributed by atoms with E-state index in [4.69, 9.17) is 0 Å². The van der Waals surface area contributed by atoms with Gasteiger partial charge in [0.05, 0.1) is 5.25 Å². The Morgan fingerprint density at radius 3 is 2.44 bits per heavy atom. The molecule has 1 atom stereocenters. The first kappa shape index (κ1) is 14.0. The van der Waals surface area contributed by atoms with Gasteiger partial charge in [-0.3, -0.25) is 0 Å². The monoisotopic (exact) mass is 247 g/mol. The van der Waals surface area contributed by atoms with Gasteiger partial charge in [0.2, 0.25) is 0 Å². The first-order chi connectivity index (χ1) is 7.47. The summed E-state index contributed by atoms with van der Waals surface area (Å²) in [5.74, 6) is 0.721. The van der Waals surface area contributed by atoms with Gasteiger partial charge >= 0.3 is 0 Å². The molecule has 3 nitrogen and oxygen atoms in total. The number of piperidine rings is 1. The first-order valence-corrected chi connectivity index (χ1v) is 8.34. The van der Waals surface area contributed by atoms with E-state index in [9.17, 15) is 8.42 Å². The third-order valence-electron chi connectivity index (χ3n) is 3.74. The molecule has 96 valence electrons. The molecule has 0 radical (unpaired) electrons. The lowest BCUT2D eigenvalue weighted by molar-refractivity contribution is 0.192.